The molecule has 0 aliphatic heterocycles. The summed E-state index contributed by atoms with van der Waals surface area (Å²) in [6, 6.07) is 6.15. The molecule has 0 aliphatic rings. The molecule has 0 amide bonds. The molecule has 4 heteroatoms. The summed E-state index contributed by atoms with van der Waals surface area (Å²) < 4.78 is 14.5. The van der Waals surface area contributed by atoms with Gasteiger partial charge in [0.2, 0.25) is 5.91 Å². The highest BCUT2D eigenvalue weighted by Crippen LogP contribution is 2.16. The monoisotopic (exact) mass is 220 g/mol. The van der Waals surface area contributed by atoms with Crippen LogP contribution < -0.4 is 0 Å². The maximum Gasteiger partial charge on any atom is 0.245 e. The van der Waals surface area contributed by atoms with E-state index in [0.29, 0.717) is 6.54 Å². The van der Waals surface area contributed by atoms with Crippen LogP contribution in [0, 0.1) is 5.82 Å². The summed E-state index contributed by atoms with van der Waals surface area (Å²) >= 11 is 0. The average Bonchev–Trinajstić information content (AvgIpc) is 2.59. The van der Waals surface area contributed by atoms with Crippen LogP contribution in [-0.2, 0) is 0 Å². The third-order valence-corrected chi connectivity index (χ3v) is 2.37. The minimum absolute atomic E-state index is 0.0217. The molecule has 3 nitrogen and oxygen atoms in total. The Balaban J connectivity index is 2.42. The summed E-state index contributed by atoms with van der Waals surface area (Å²) in [4.78, 5) is 13.6. The molecule has 0 radical (unpaired) electrons. The second kappa shape index (κ2) is 4.06. The van der Waals surface area contributed by atoms with Crippen LogP contribution in [0.2, 0.25) is 0 Å². The Hall–Kier alpha value is -1.68. The lowest BCUT2D eigenvalue weighted by molar-refractivity contribution is 0.0882. The molecule has 16 heavy (non-hydrogen) atoms. The number of likely N-dealkylation sites (N-methyl/N-ethyl adjacent to an activating group) is 1. The quantitative estimate of drug-likeness (QED) is 0.773. The molecule has 1 heterocycles. The SMILES string of the molecule is CN(C)CC(=O)n1ccc2cc(F)ccc21. The van der Waals surface area contributed by atoms with E-state index in [1.807, 2.05) is 14.1 Å². The normalized spacial score (nSPS) is 11.2. The average molecular weight is 220 g/mol. The molecule has 0 bridgehead atoms. The predicted octanol–water partition coefficient (Wildman–Crippen LogP) is 1.98. The third kappa shape index (κ3) is 1.97. The molecule has 0 saturated heterocycles. The van der Waals surface area contributed by atoms with Gasteiger partial charge in [-0.15, -0.1) is 0 Å². The first kappa shape index (κ1) is 10.8. The second-order valence-electron chi connectivity index (χ2n) is 4.02. The lowest BCUT2D eigenvalue weighted by Crippen LogP contribution is -2.25. The Morgan fingerprint density at radius 2 is 2.12 bits per heavy atom. The van der Waals surface area contributed by atoms with E-state index in [1.54, 1.807) is 27.8 Å². The van der Waals surface area contributed by atoms with Crippen molar-refractivity contribution < 1.29 is 9.18 Å². The lowest BCUT2D eigenvalue weighted by Gasteiger charge is -2.09. The first-order chi connectivity index (χ1) is 7.58. The number of benzene rings is 1. The molecule has 0 unspecified atom stereocenters. The second-order valence-corrected chi connectivity index (χ2v) is 4.02. The number of rotatable bonds is 2. The van der Waals surface area contributed by atoms with Gasteiger partial charge in [-0.3, -0.25) is 9.36 Å². The molecular formula is C12H13FN2O. The minimum atomic E-state index is -0.287. The third-order valence-electron chi connectivity index (χ3n) is 2.37. The van der Waals surface area contributed by atoms with Crippen molar-refractivity contribution >= 4 is 16.8 Å². The highest BCUT2D eigenvalue weighted by Gasteiger charge is 2.09. The molecule has 84 valence electrons. The molecule has 0 spiro atoms. The minimum Gasteiger partial charge on any atom is -0.301 e. The molecule has 0 fully saturated rings. The smallest absolute Gasteiger partial charge is 0.245 e. The summed E-state index contributed by atoms with van der Waals surface area (Å²) in [5.41, 5.74) is 0.744. The van der Waals surface area contributed by atoms with Gasteiger partial charge in [0.25, 0.3) is 0 Å². The van der Waals surface area contributed by atoms with Crippen molar-refractivity contribution in [3.05, 3.63) is 36.3 Å². The van der Waals surface area contributed by atoms with Gasteiger partial charge in [0.05, 0.1) is 12.1 Å². The topological polar surface area (TPSA) is 25.2 Å². The Bertz CT molecular complexity index is 531. The van der Waals surface area contributed by atoms with Crippen molar-refractivity contribution in [3.63, 3.8) is 0 Å². The van der Waals surface area contributed by atoms with Crippen molar-refractivity contribution in [3.8, 4) is 0 Å². The molecule has 1 aromatic heterocycles. The van der Waals surface area contributed by atoms with Crippen LogP contribution in [0.3, 0.4) is 0 Å². The van der Waals surface area contributed by atoms with Gasteiger partial charge in [-0.05, 0) is 38.4 Å². The molecule has 0 aliphatic carbocycles. The summed E-state index contributed by atoms with van der Waals surface area (Å²) in [6.45, 7) is 0.334. The van der Waals surface area contributed by atoms with E-state index >= 15 is 0 Å². The first-order valence-electron chi connectivity index (χ1n) is 5.02. The van der Waals surface area contributed by atoms with Crippen LogP contribution in [0.1, 0.15) is 4.79 Å². The number of halogens is 1. The van der Waals surface area contributed by atoms with Gasteiger partial charge in [0.1, 0.15) is 5.82 Å². The summed E-state index contributed by atoms with van der Waals surface area (Å²) in [5.74, 6) is -0.308. The van der Waals surface area contributed by atoms with Gasteiger partial charge < -0.3 is 4.90 Å². The molecule has 1 aromatic carbocycles. The molecular weight excluding hydrogens is 207 g/mol. The standard InChI is InChI=1S/C12H13FN2O/c1-14(2)8-12(16)15-6-5-9-7-10(13)3-4-11(9)15/h3-7H,8H2,1-2H3. The number of carbonyl (C=O) groups is 1. The van der Waals surface area contributed by atoms with Crippen molar-refractivity contribution in [1.82, 2.24) is 9.47 Å². The van der Waals surface area contributed by atoms with E-state index in [2.05, 4.69) is 0 Å². The Kier molecular flexibility index (Phi) is 2.75. The molecule has 2 aromatic rings. The van der Waals surface area contributed by atoms with Crippen LogP contribution in [0.4, 0.5) is 4.39 Å². The number of carbonyl (C=O) groups excluding carboxylic acids is 1. The zero-order valence-corrected chi connectivity index (χ0v) is 9.27. The van der Waals surface area contributed by atoms with Gasteiger partial charge >= 0.3 is 0 Å². The summed E-state index contributed by atoms with van der Waals surface area (Å²) in [7, 11) is 3.67. The number of fused-ring (bicyclic) bond motifs is 1. The van der Waals surface area contributed by atoms with Gasteiger partial charge in [-0.25, -0.2) is 4.39 Å². The Morgan fingerprint density at radius 3 is 2.81 bits per heavy atom. The fraction of sp³-hybridized carbons (Fsp3) is 0.250. The zero-order valence-electron chi connectivity index (χ0n) is 9.27. The van der Waals surface area contributed by atoms with Gasteiger partial charge in [0, 0.05) is 11.6 Å². The lowest BCUT2D eigenvalue weighted by atomic mass is 10.2. The van der Waals surface area contributed by atoms with E-state index in [1.165, 1.54) is 12.1 Å². The number of hydrogen-bond acceptors (Lipinski definition) is 2. The van der Waals surface area contributed by atoms with Crippen molar-refractivity contribution in [1.29, 1.82) is 0 Å². The van der Waals surface area contributed by atoms with Crippen LogP contribution in [0.15, 0.2) is 30.5 Å². The summed E-state index contributed by atoms with van der Waals surface area (Å²) in [5, 5.41) is 0.743. The van der Waals surface area contributed by atoms with Gasteiger partial charge in [-0.1, -0.05) is 0 Å². The highest BCUT2D eigenvalue weighted by atomic mass is 19.1. The Morgan fingerprint density at radius 1 is 1.38 bits per heavy atom. The zero-order chi connectivity index (χ0) is 11.7. The molecule has 2 rings (SSSR count). The maximum atomic E-state index is 13.0. The van der Waals surface area contributed by atoms with Crippen molar-refractivity contribution in [2.24, 2.45) is 0 Å². The van der Waals surface area contributed by atoms with Crippen LogP contribution >= 0.6 is 0 Å². The molecule has 0 N–H and O–H groups in total. The van der Waals surface area contributed by atoms with E-state index in [-0.39, 0.29) is 11.7 Å². The van der Waals surface area contributed by atoms with Crippen LogP contribution in [0.5, 0.6) is 0 Å². The van der Waals surface area contributed by atoms with Gasteiger partial charge in [-0.2, -0.15) is 0 Å². The van der Waals surface area contributed by atoms with Crippen molar-refractivity contribution in [2.45, 2.75) is 0 Å². The number of hydrogen-bond donors (Lipinski definition) is 0. The number of nitrogens with zero attached hydrogens (tertiary/aromatic N) is 2. The van der Waals surface area contributed by atoms with Crippen molar-refractivity contribution in [2.75, 3.05) is 20.6 Å². The largest absolute Gasteiger partial charge is 0.301 e. The van der Waals surface area contributed by atoms with Crippen LogP contribution in [-0.4, -0.2) is 36.0 Å². The summed E-state index contributed by atoms with van der Waals surface area (Å²) in [6.07, 6.45) is 1.68. The fourth-order valence-corrected chi connectivity index (χ4v) is 1.68. The van der Waals surface area contributed by atoms with E-state index in [0.717, 1.165) is 10.9 Å². The van der Waals surface area contributed by atoms with Gasteiger partial charge in [0.15, 0.2) is 0 Å². The fourth-order valence-electron chi connectivity index (χ4n) is 1.68. The van der Waals surface area contributed by atoms with Crippen LogP contribution in [0.25, 0.3) is 10.9 Å². The van der Waals surface area contributed by atoms with E-state index < -0.39 is 0 Å². The molecule has 0 atom stereocenters. The first-order valence-corrected chi connectivity index (χ1v) is 5.02. The maximum absolute atomic E-state index is 13.0. The highest BCUT2D eigenvalue weighted by molar-refractivity contribution is 5.93. The number of aromatic nitrogens is 1. The Labute approximate surface area is 93.1 Å². The molecule has 0 saturated carbocycles. The predicted molar refractivity (Wildman–Crippen MR) is 61.1 cm³/mol. The van der Waals surface area contributed by atoms with E-state index in [4.69, 9.17) is 0 Å². The van der Waals surface area contributed by atoms with E-state index in [9.17, 15) is 9.18 Å².